The summed E-state index contributed by atoms with van der Waals surface area (Å²) in [6.45, 7) is 0.355. The molecular weight excluding hydrogens is 266 g/mol. The molecule has 0 atom stereocenters. The van der Waals surface area contributed by atoms with Crippen LogP contribution in [0.2, 0.25) is 5.02 Å². The minimum Gasteiger partial charge on any atom is -0.491 e. The van der Waals surface area contributed by atoms with Crippen molar-refractivity contribution in [2.75, 3.05) is 6.61 Å². The molecule has 2 rings (SSSR count). The number of aromatic carboxylic acids is 1. The average molecular weight is 278 g/mol. The summed E-state index contributed by atoms with van der Waals surface area (Å²) in [5.74, 6) is -0.841. The first-order valence-corrected chi connectivity index (χ1v) is 6.10. The van der Waals surface area contributed by atoms with Crippen LogP contribution in [0, 0.1) is 0 Å². The van der Waals surface area contributed by atoms with Crippen molar-refractivity contribution in [2.45, 2.75) is 6.42 Å². The highest BCUT2D eigenvalue weighted by Gasteiger charge is 2.14. The number of nitrogens with zero attached hydrogens (tertiary/aromatic N) is 1. The van der Waals surface area contributed by atoms with Crippen molar-refractivity contribution in [2.24, 2.45) is 0 Å². The van der Waals surface area contributed by atoms with Gasteiger partial charge in [0.25, 0.3) is 0 Å². The summed E-state index contributed by atoms with van der Waals surface area (Å²) >= 11 is 5.96. The lowest BCUT2D eigenvalue weighted by molar-refractivity contribution is 0.0692. The highest BCUT2D eigenvalue weighted by Crippen LogP contribution is 2.28. The number of pyridine rings is 1. The van der Waals surface area contributed by atoms with Crippen molar-refractivity contribution in [3.8, 4) is 5.75 Å². The summed E-state index contributed by atoms with van der Waals surface area (Å²) in [5.41, 5.74) is 1.14. The number of carbonyl (C=O) groups is 1. The molecule has 1 aromatic carbocycles. The second-order valence-corrected chi connectivity index (χ2v) is 4.28. The molecule has 2 aromatic rings. The zero-order valence-corrected chi connectivity index (χ0v) is 10.8. The fourth-order valence-electron chi connectivity index (χ4n) is 1.64. The fraction of sp³-hybridized carbons (Fsp3) is 0.143. The molecule has 4 nitrogen and oxygen atoms in total. The number of ether oxygens (including phenoxy) is 1. The summed E-state index contributed by atoms with van der Waals surface area (Å²) in [4.78, 5) is 15.0. The number of carboxylic acids is 1. The summed E-state index contributed by atoms with van der Waals surface area (Å²) < 4.78 is 5.50. The minimum atomic E-state index is -1.05. The molecule has 0 unspecified atom stereocenters. The zero-order valence-electron chi connectivity index (χ0n) is 10.0. The monoisotopic (exact) mass is 277 g/mol. The fourth-order valence-corrected chi connectivity index (χ4v) is 1.87. The molecule has 0 fully saturated rings. The molecule has 0 saturated carbocycles. The van der Waals surface area contributed by atoms with Crippen LogP contribution in [0.1, 0.15) is 15.9 Å². The van der Waals surface area contributed by atoms with Crippen LogP contribution in [-0.4, -0.2) is 22.7 Å². The lowest BCUT2D eigenvalue weighted by Gasteiger charge is -2.10. The predicted octanol–water partition coefficient (Wildman–Crippen LogP) is 3.05. The molecule has 0 aliphatic rings. The molecule has 5 heteroatoms. The van der Waals surface area contributed by atoms with Gasteiger partial charge in [0.15, 0.2) is 5.75 Å². The van der Waals surface area contributed by atoms with Crippen molar-refractivity contribution >= 4 is 17.6 Å². The molecule has 0 saturated heterocycles. The van der Waals surface area contributed by atoms with Crippen LogP contribution in [0.5, 0.6) is 5.75 Å². The molecule has 0 bridgehead atoms. The number of aromatic nitrogens is 1. The van der Waals surface area contributed by atoms with Crippen LogP contribution in [0.25, 0.3) is 0 Å². The van der Waals surface area contributed by atoms with Gasteiger partial charge in [-0.15, -0.1) is 0 Å². The molecule has 1 aromatic heterocycles. The number of rotatable bonds is 5. The predicted molar refractivity (Wildman–Crippen MR) is 71.8 cm³/mol. The standard InChI is InChI=1S/C14H12ClNO3/c15-12-3-1-2-11(14(17)18)13(12)19-9-6-10-4-7-16-8-5-10/h1-5,7-8H,6,9H2,(H,17,18). The van der Waals surface area contributed by atoms with Gasteiger partial charge in [-0.3, -0.25) is 4.98 Å². The van der Waals surface area contributed by atoms with Gasteiger partial charge >= 0.3 is 5.97 Å². The SMILES string of the molecule is O=C(O)c1cccc(Cl)c1OCCc1ccncc1. The Morgan fingerprint density at radius 2 is 2.00 bits per heavy atom. The van der Waals surface area contributed by atoms with Crippen molar-refractivity contribution in [1.82, 2.24) is 4.98 Å². The Bertz CT molecular complexity index is 572. The maximum Gasteiger partial charge on any atom is 0.339 e. The molecule has 0 aliphatic carbocycles. The summed E-state index contributed by atoms with van der Waals surface area (Å²) in [6, 6.07) is 8.43. The Morgan fingerprint density at radius 1 is 1.26 bits per heavy atom. The van der Waals surface area contributed by atoms with E-state index < -0.39 is 5.97 Å². The number of halogens is 1. The van der Waals surface area contributed by atoms with E-state index in [0.29, 0.717) is 18.1 Å². The van der Waals surface area contributed by atoms with Gasteiger partial charge < -0.3 is 9.84 Å². The Hall–Kier alpha value is -2.07. The van der Waals surface area contributed by atoms with Crippen molar-refractivity contribution in [1.29, 1.82) is 0 Å². The Balaban J connectivity index is 2.05. The van der Waals surface area contributed by atoms with Crippen molar-refractivity contribution in [3.63, 3.8) is 0 Å². The quantitative estimate of drug-likeness (QED) is 0.912. The van der Waals surface area contributed by atoms with Crippen molar-refractivity contribution in [3.05, 3.63) is 58.9 Å². The van der Waals surface area contributed by atoms with E-state index in [0.717, 1.165) is 5.56 Å². The largest absolute Gasteiger partial charge is 0.491 e. The van der Waals surface area contributed by atoms with E-state index in [1.54, 1.807) is 24.5 Å². The van der Waals surface area contributed by atoms with E-state index in [4.69, 9.17) is 21.4 Å². The van der Waals surface area contributed by atoms with Gasteiger partial charge in [0, 0.05) is 18.8 Å². The van der Waals surface area contributed by atoms with Gasteiger partial charge in [-0.1, -0.05) is 17.7 Å². The second kappa shape index (κ2) is 6.20. The average Bonchev–Trinajstić information content (AvgIpc) is 2.41. The second-order valence-electron chi connectivity index (χ2n) is 3.88. The van der Waals surface area contributed by atoms with E-state index in [1.165, 1.54) is 6.07 Å². The third-order valence-electron chi connectivity index (χ3n) is 2.58. The highest BCUT2D eigenvalue weighted by molar-refractivity contribution is 6.32. The molecule has 0 aliphatic heterocycles. The first kappa shape index (κ1) is 13.4. The number of carboxylic acid groups (broad SMARTS) is 1. The van der Waals surface area contributed by atoms with E-state index >= 15 is 0 Å². The molecule has 0 radical (unpaired) electrons. The van der Waals surface area contributed by atoms with Gasteiger partial charge in [-0.2, -0.15) is 0 Å². The summed E-state index contributed by atoms with van der Waals surface area (Å²) in [7, 11) is 0. The van der Waals surface area contributed by atoms with E-state index in [-0.39, 0.29) is 11.3 Å². The maximum atomic E-state index is 11.1. The van der Waals surface area contributed by atoms with Gasteiger partial charge in [0.05, 0.1) is 11.6 Å². The van der Waals surface area contributed by atoms with Crippen molar-refractivity contribution < 1.29 is 14.6 Å². The molecular formula is C14H12ClNO3. The number of benzene rings is 1. The normalized spacial score (nSPS) is 10.2. The molecule has 98 valence electrons. The van der Waals surface area contributed by atoms with Crippen LogP contribution >= 0.6 is 11.6 Å². The zero-order chi connectivity index (χ0) is 13.7. The Kier molecular flexibility index (Phi) is 4.36. The van der Waals surface area contributed by atoms with Crippen LogP contribution < -0.4 is 4.74 Å². The third kappa shape index (κ3) is 3.45. The van der Waals surface area contributed by atoms with Gasteiger partial charge in [-0.05, 0) is 29.8 Å². The topological polar surface area (TPSA) is 59.4 Å². The highest BCUT2D eigenvalue weighted by atomic mass is 35.5. The number of para-hydroxylation sites is 1. The molecule has 0 spiro atoms. The van der Waals surface area contributed by atoms with E-state index in [1.807, 2.05) is 12.1 Å². The molecule has 1 N–H and O–H groups in total. The Morgan fingerprint density at radius 3 is 2.68 bits per heavy atom. The van der Waals surface area contributed by atoms with Gasteiger partial charge in [0.1, 0.15) is 5.56 Å². The van der Waals surface area contributed by atoms with Crippen LogP contribution in [-0.2, 0) is 6.42 Å². The van der Waals surface area contributed by atoms with Gasteiger partial charge in [-0.25, -0.2) is 4.79 Å². The molecule has 0 amide bonds. The molecule has 19 heavy (non-hydrogen) atoms. The minimum absolute atomic E-state index is 0.0715. The maximum absolute atomic E-state index is 11.1. The summed E-state index contributed by atoms with van der Waals surface area (Å²) in [5, 5.41) is 9.36. The molecule has 1 heterocycles. The smallest absolute Gasteiger partial charge is 0.339 e. The first-order chi connectivity index (χ1) is 9.18. The summed E-state index contributed by atoms with van der Waals surface area (Å²) in [6.07, 6.45) is 4.06. The van der Waals surface area contributed by atoms with Crippen LogP contribution in [0.4, 0.5) is 0 Å². The lowest BCUT2D eigenvalue weighted by atomic mass is 10.2. The number of hydrogen-bond acceptors (Lipinski definition) is 3. The van der Waals surface area contributed by atoms with Crippen LogP contribution in [0.15, 0.2) is 42.7 Å². The van der Waals surface area contributed by atoms with Gasteiger partial charge in [0.2, 0.25) is 0 Å². The van der Waals surface area contributed by atoms with E-state index in [2.05, 4.69) is 4.98 Å². The van der Waals surface area contributed by atoms with E-state index in [9.17, 15) is 4.79 Å². The lowest BCUT2D eigenvalue weighted by Crippen LogP contribution is -2.07. The van der Waals surface area contributed by atoms with Crippen LogP contribution in [0.3, 0.4) is 0 Å². The first-order valence-electron chi connectivity index (χ1n) is 5.72. The Labute approximate surface area is 115 Å². The number of hydrogen-bond donors (Lipinski definition) is 1. The third-order valence-corrected chi connectivity index (χ3v) is 2.88.